The van der Waals surface area contributed by atoms with Gasteiger partial charge in [-0.3, -0.25) is 4.79 Å². The first-order valence-electron chi connectivity index (χ1n) is 9.84. The molecule has 0 heterocycles. The Morgan fingerprint density at radius 3 is 2.30 bits per heavy atom. The predicted octanol–water partition coefficient (Wildman–Crippen LogP) is 6.48. The highest BCUT2D eigenvalue weighted by molar-refractivity contribution is 9.10. The number of para-hydroxylation sites is 1. The number of nitrogens with zero attached hydrogens (tertiary/aromatic N) is 1. The molecule has 0 N–H and O–H groups in total. The smallest absolute Gasteiger partial charge is 0.316 e. The van der Waals surface area contributed by atoms with E-state index in [9.17, 15) is 10.1 Å². The maximum atomic E-state index is 13.0. The molecule has 1 saturated carbocycles. The van der Waals surface area contributed by atoms with Crippen molar-refractivity contribution in [2.45, 2.75) is 18.8 Å². The summed E-state index contributed by atoms with van der Waals surface area (Å²) in [5.41, 5.74) is 0.760. The minimum atomic E-state index is -0.597. The molecule has 0 aromatic heterocycles. The number of hydrogen-bond acceptors (Lipinski definition) is 4. The molecule has 1 aliphatic carbocycles. The zero-order chi connectivity index (χ0) is 20.9. The molecule has 0 bridgehead atoms. The molecule has 0 saturated heterocycles. The molecule has 3 aromatic rings. The van der Waals surface area contributed by atoms with E-state index in [0.29, 0.717) is 11.5 Å². The van der Waals surface area contributed by atoms with Gasteiger partial charge in [-0.1, -0.05) is 46.3 Å². The van der Waals surface area contributed by atoms with Gasteiger partial charge in [-0.25, -0.2) is 0 Å². The Labute approximate surface area is 184 Å². The van der Waals surface area contributed by atoms with E-state index in [4.69, 9.17) is 9.47 Å². The van der Waals surface area contributed by atoms with E-state index in [2.05, 4.69) is 22.0 Å². The first-order valence-corrected chi connectivity index (χ1v) is 10.6. The van der Waals surface area contributed by atoms with Crippen LogP contribution in [0.5, 0.6) is 17.2 Å². The van der Waals surface area contributed by atoms with Gasteiger partial charge >= 0.3 is 5.97 Å². The van der Waals surface area contributed by atoms with Gasteiger partial charge in [0.1, 0.15) is 17.2 Å². The van der Waals surface area contributed by atoms with Crippen LogP contribution in [0.2, 0.25) is 0 Å². The Morgan fingerprint density at radius 1 is 0.933 bits per heavy atom. The fraction of sp³-hybridized carbons (Fsp3) is 0.200. The van der Waals surface area contributed by atoms with Gasteiger partial charge in [0.2, 0.25) is 0 Å². The van der Waals surface area contributed by atoms with Crippen molar-refractivity contribution in [2.75, 3.05) is 0 Å². The lowest BCUT2D eigenvalue weighted by Gasteiger charge is -2.21. The van der Waals surface area contributed by atoms with Crippen LogP contribution >= 0.6 is 15.9 Å². The molecule has 0 radical (unpaired) electrons. The summed E-state index contributed by atoms with van der Waals surface area (Å²) in [7, 11) is 0. The highest BCUT2D eigenvalue weighted by atomic mass is 79.9. The fourth-order valence-electron chi connectivity index (χ4n) is 3.50. The minimum Gasteiger partial charge on any atom is -0.457 e. The fourth-order valence-corrected chi connectivity index (χ4v) is 3.77. The quantitative estimate of drug-likeness (QED) is 0.298. The van der Waals surface area contributed by atoms with Crippen LogP contribution in [0.25, 0.3) is 0 Å². The Balaban J connectivity index is 1.56. The second kappa shape index (κ2) is 9.15. The Bertz CT molecular complexity index is 1060. The molecule has 30 heavy (non-hydrogen) atoms. The second-order valence-corrected chi connectivity index (χ2v) is 8.25. The SMILES string of the molecule is N#CC(c1cccc(Oc2ccccc2)c1)C(C(=O)Oc1ccc(Br)cc1)C1CC1. The summed E-state index contributed by atoms with van der Waals surface area (Å²) in [6.45, 7) is 0. The lowest BCUT2D eigenvalue weighted by atomic mass is 9.83. The van der Waals surface area contributed by atoms with Crippen molar-refractivity contribution in [1.29, 1.82) is 5.26 Å². The summed E-state index contributed by atoms with van der Waals surface area (Å²) < 4.78 is 12.4. The van der Waals surface area contributed by atoms with E-state index in [1.807, 2.05) is 66.7 Å². The van der Waals surface area contributed by atoms with Crippen LogP contribution in [-0.2, 0) is 4.79 Å². The van der Waals surface area contributed by atoms with Crippen LogP contribution in [0.15, 0.2) is 83.3 Å². The van der Waals surface area contributed by atoms with Gasteiger partial charge in [0.15, 0.2) is 0 Å². The zero-order valence-electron chi connectivity index (χ0n) is 16.2. The Morgan fingerprint density at radius 2 is 1.63 bits per heavy atom. The number of esters is 1. The molecule has 5 heteroatoms. The van der Waals surface area contributed by atoms with Crippen molar-refractivity contribution in [3.8, 4) is 23.3 Å². The number of nitriles is 1. The third kappa shape index (κ3) is 4.90. The Hall–Kier alpha value is -3.10. The minimum absolute atomic E-state index is 0.163. The number of hydrogen-bond donors (Lipinski definition) is 0. The number of carbonyl (C=O) groups excluding carboxylic acids is 1. The summed E-state index contributed by atoms with van der Waals surface area (Å²) in [5, 5.41) is 9.95. The molecule has 1 aliphatic rings. The summed E-state index contributed by atoms with van der Waals surface area (Å²) in [6, 6.07) is 26.3. The first-order chi connectivity index (χ1) is 14.6. The average Bonchev–Trinajstić information content (AvgIpc) is 3.59. The molecular formula is C25H20BrNO3. The van der Waals surface area contributed by atoms with E-state index >= 15 is 0 Å². The monoisotopic (exact) mass is 461 g/mol. The molecule has 2 atom stereocenters. The summed E-state index contributed by atoms with van der Waals surface area (Å²) in [6.07, 6.45) is 1.86. The molecule has 1 fully saturated rings. The summed E-state index contributed by atoms with van der Waals surface area (Å²) in [4.78, 5) is 13.0. The van der Waals surface area contributed by atoms with E-state index in [-0.39, 0.29) is 11.9 Å². The van der Waals surface area contributed by atoms with E-state index in [1.165, 1.54) is 0 Å². The van der Waals surface area contributed by atoms with Gasteiger partial charge in [0, 0.05) is 4.47 Å². The summed E-state index contributed by atoms with van der Waals surface area (Å²) >= 11 is 3.37. The van der Waals surface area contributed by atoms with Crippen LogP contribution in [-0.4, -0.2) is 5.97 Å². The van der Waals surface area contributed by atoms with Gasteiger partial charge < -0.3 is 9.47 Å². The molecule has 0 spiro atoms. The van der Waals surface area contributed by atoms with Crippen LogP contribution in [0, 0.1) is 23.2 Å². The third-order valence-corrected chi connectivity index (χ3v) is 5.66. The van der Waals surface area contributed by atoms with Crippen LogP contribution in [0.4, 0.5) is 0 Å². The second-order valence-electron chi connectivity index (χ2n) is 7.33. The van der Waals surface area contributed by atoms with Crippen molar-refractivity contribution in [3.63, 3.8) is 0 Å². The van der Waals surface area contributed by atoms with Gasteiger partial charge in [-0.2, -0.15) is 5.26 Å². The van der Waals surface area contributed by atoms with Crippen molar-refractivity contribution in [1.82, 2.24) is 0 Å². The van der Waals surface area contributed by atoms with Crippen molar-refractivity contribution < 1.29 is 14.3 Å². The van der Waals surface area contributed by atoms with Gasteiger partial charge in [0.25, 0.3) is 0 Å². The molecule has 150 valence electrons. The highest BCUT2D eigenvalue weighted by Crippen LogP contribution is 2.45. The zero-order valence-corrected chi connectivity index (χ0v) is 17.8. The van der Waals surface area contributed by atoms with Crippen LogP contribution < -0.4 is 9.47 Å². The maximum absolute atomic E-state index is 13.0. The maximum Gasteiger partial charge on any atom is 0.316 e. The van der Waals surface area contributed by atoms with Crippen molar-refractivity contribution in [3.05, 3.63) is 88.9 Å². The standard InChI is InChI=1S/C25H20BrNO3/c26-19-11-13-21(14-12-19)30-25(28)24(17-9-10-17)23(16-27)18-5-4-8-22(15-18)29-20-6-2-1-3-7-20/h1-8,11-15,17,23-24H,9-10H2. The normalized spacial score (nSPS) is 14.9. The van der Waals surface area contributed by atoms with Crippen LogP contribution in [0.1, 0.15) is 24.3 Å². The third-order valence-electron chi connectivity index (χ3n) is 5.13. The topological polar surface area (TPSA) is 59.3 Å². The number of benzene rings is 3. The lowest BCUT2D eigenvalue weighted by molar-refractivity contribution is -0.140. The Kier molecular flexibility index (Phi) is 6.15. The lowest BCUT2D eigenvalue weighted by Crippen LogP contribution is -2.28. The van der Waals surface area contributed by atoms with Crippen LogP contribution in [0.3, 0.4) is 0 Å². The predicted molar refractivity (Wildman–Crippen MR) is 117 cm³/mol. The van der Waals surface area contributed by atoms with E-state index in [0.717, 1.165) is 28.6 Å². The number of halogens is 1. The molecule has 2 unspecified atom stereocenters. The molecule has 4 rings (SSSR count). The van der Waals surface area contributed by atoms with E-state index < -0.39 is 11.8 Å². The molecule has 3 aromatic carbocycles. The number of rotatable bonds is 7. The number of carbonyl (C=O) groups is 1. The highest BCUT2D eigenvalue weighted by Gasteiger charge is 2.43. The van der Waals surface area contributed by atoms with Gasteiger partial charge in [-0.05, 0) is 72.9 Å². The van der Waals surface area contributed by atoms with Crippen molar-refractivity contribution in [2.24, 2.45) is 11.8 Å². The average molecular weight is 462 g/mol. The molecule has 0 aliphatic heterocycles. The molecule has 0 amide bonds. The molecular weight excluding hydrogens is 442 g/mol. The van der Waals surface area contributed by atoms with Gasteiger partial charge in [0.05, 0.1) is 17.9 Å². The van der Waals surface area contributed by atoms with E-state index in [1.54, 1.807) is 12.1 Å². The van der Waals surface area contributed by atoms with Crippen molar-refractivity contribution >= 4 is 21.9 Å². The summed E-state index contributed by atoms with van der Waals surface area (Å²) in [5.74, 6) is 0.528. The first kappa shape index (κ1) is 20.2. The molecule has 4 nitrogen and oxygen atoms in total. The largest absolute Gasteiger partial charge is 0.457 e. The van der Waals surface area contributed by atoms with Gasteiger partial charge in [-0.15, -0.1) is 0 Å². The number of ether oxygens (including phenoxy) is 2.